The lowest BCUT2D eigenvalue weighted by molar-refractivity contribution is -0.116. The number of nitrogens with one attached hydrogen (secondary N) is 2. The first-order chi connectivity index (χ1) is 13.0. The highest BCUT2D eigenvalue weighted by atomic mass is 35.5. The Balaban J connectivity index is 1.90. The summed E-state index contributed by atoms with van der Waals surface area (Å²) in [5, 5.41) is 6.29. The van der Waals surface area contributed by atoms with E-state index in [0.717, 1.165) is 5.69 Å². The molecular formula is C19H21ClN2O5. The van der Waals surface area contributed by atoms with Crippen molar-refractivity contribution in [3.63, 3.8) is 0 Å². The van der Waals surface area contributed by atoms with E-state index in [2.05, 4.69) is 15.4 Å². The van der Waals surface area contributed by atoms with Crippen LogP contribution in [-0.2, 0) is 9.53 Å². The molecule has 144 valence electrons. The van der Waals surface area contributed by atoms with Crippen molar-refractivity contribution >= 4 is 34.9 Å². The molecule has 1 amide bonds. The van der Waals surface area contributed by atoms with Gasteiger partial charge in [0, 0.05) is 30.8 Å². The van der Waals surface area contributed by atoms with E-state index in [-0.39, 0.29) is 12.3 Å². The summed E-state index contributed by atoms with van der Waals surface area (Å²) >= 11 is 6.05. The van der Waals surface area contributed by atoms with Crippen LogP contribution in [0, 0.1) is 0 Å². The first kappa shape index (κ1) is 20.4. The van der Waals surface area contributed by atoms with E-state index in [9.17, 15) is 9.59 Å². The molecule has 0 saturated carbocycles. The number of esters is 1. The Morgan fingerprint density at radius 3 is 2.26 bits per heavy atom. The highest BCUT2D eigenvalue weighted by Gasteiger charge is 2.12. The number of benzene rings is 2. The average molecular weight is 393 g/mol. The Hall–Kier alpha value is -2.93. The molecule has 0 aliphatic rings. The van der Waals surface area contributed by atoms with Gasteiger partial charge < -0.3 is 24.8 Å². The summed E-state index contributed by atoms with van der Waals surface area (Å²) in [6, 6.07) is 9.99. The van der Waals surface area contributed by atoms with E-state index < -0.39 is 5.97 Å². The third-order valence-electron chi connectivity index (χ3n) is 3.74. The Morgan fingerprint density at radius 1 is 1.00 bits per heavy atom. The number of rotatable bonds is 8. The van der Waals surface area contributed by atoms with Gasteiger partial charge in [0.1, 0.15) is 11.5 Å². The molecule has 2 N–H and O–H groups in total. The number of carbonyl (C=O) groups excluding carboxylic acids is 2. The summed E-state index contributed by atoms with van der Waals surface area (Å²) in [6.07, 6.45) is 0.229. The van der Waals surface area contributed by atoms with E-state index in [1.54, 1.807) is 36.4 Å². The smallest absolute Gasteiger partial charge is 0.337 e. The van der Waals surface area contributed by atoms with Gasteiger partial charge >= 0.3 is 5.97 Å². The van der Waals surface area contributed by atoms with Crippen molar-refractivity contribution < 1.29 is 23.8 Å². The number of hydrogen-bond donors (Lipinski definition) is 2. The zero-order valence-corrected chi connectivity index (χ0v) is 16.1. The van der Waals surface area contributed by atoms with Crippen LogP contribution in [0.25, 0.3) is 0 Å². The lowest BCUT2D eigenvalue weighted by Crippen LogP contribution is -2.17. The molecule has 2 rings (SSSR count). The first-order valence-corrected chi connectivity index (χ1v) is 8.50. The Kier molecular flexibility index (Phi) is 7.31. The van der Waals surface area contributed by atoms with Gasteiger partial charge in [0.05, 0.1) is 37.6 Å². The molecule has 0 bridgehead atoms. The zero-order chi connectivity index (χ0) is 19.8. The summed E-state index contributed by atoms with van der Waals surface area (Å²) < 4.78 is 15.0. The molecule has 7 nitrogen and oxygen atoms in total. The number of carbonyl (C=O) groups is 2. The summed E-state index contributed by atoms with van der Waals surface area (Å²) in [7, 11) is 4.32. The number of hydrogen-bond acceptors (Lipinski definition) is 6. The quantitative estimate of drug-likeness (QED) is 0.668. The van der Waals surface area contributed by atoms with Gasteiger partial charge in [0.15, 0.2) is 0 Å². The van der Waals surface area contributed by atoms with Gasteiger partial charge in [-0.25, -0.2) is 4.79 Å². The van der Waals surface area contributed by atoms with Crippen LogP contribution in [0.15, 0.2) is 36.4 Å². The van der Waals surface area contributed by atoms with Crippen LogP contribution in [0.5, 0.6) is 11.5 Å². The van der Waals surface area contributed by atoms with Crippen LogP contribution < -0.4 is 20.1 Å². The largest absolute Gasteiger partial charge is 0.495 e. The molecule has 0 unspecified atom stereocenters. The molecule has 0 radical (unpaired) electrons. The average Bonchev–Trinajstić information content (AvgIpc) is 2.68. The van der Waals surface area contributed by atoms with Gasteiger partial charge in [0.2, 0.25) is 5.91 Å². The van der Waals surface area contributed by atoms with Gasteiger partial charge in [-0.1, -0.05) is 11.6 Å². The van der Waals surface area contributed by atoms with Crippen molar-refractivity contribution in [2.24, 2.45) is 0 Å². The van der Waals surface area contributed by atoms with E-state index >= 15 is 0 Å². The lowest BCUT2D eigenvalue weighted by Gasteiger charge is -2.13. The number of amides is 1. The molecule has 8 heteroatoms. The fraction of sp³-hybridized carbons (Fsp3) is 0.263. The Bertz CT molecular complexity index is 808. The van der Waals surface area contributed by atoms with Crippen LogP contribution in [0.3, 0.4) is 0 Å². The van der Waals surface area contributed by atoms with Gasteiger partial charge in [-0.05, 0) is 24.3 Å². The number of ether oxygens (including phenoxy) is 3. The Labute approximate surface area is 162 Å². The lowest BCUT2D eigenvalue weighted by atomic mass is 10.2. The molecule has 0 fully saturated rings. The van der Waals surface area contributed by atoms with Crippen LogP contribution in [-0.4, -0.2) is 39.8 Å². The molecule has 2 aromatic carbocycles. The minimum atomic E-state index is -0.395. The molecule has 0 spiro atoms. The minimum absolute atomic E-state index is 0.198. The normalized spacial score (nSPS) is 10.1. The fourth-order valence-electron chi connectivity index (χ4n) is 2.33. The molecule has 0 heterocycles. The fourth-order valence-corrected chi connectivity index (χ4v) is 2.56. The third-order valence-corrected chi connectivity index (χ3v) is 4.03. The highest BCUT2D eigenvalue weighted by Crippen LogP contribution is 2.35. The Morgan fingerprint density at radius 2 is 1.67 bits per heavy atom. The van der Waals surface area contributed by atoms with Crippen LogP contribution in [0.1, 0.15) is 16.8 Å². The molecule has 0 aromatic heterocycles. The number of halogens is 1. The number of anilines is 2. The van der Waals surface area contributed by atoms with Gasteiger partial charge in [-0.3, -0.25) is 4.79 Å². The molecular weight excluding hydrogens is 372 g/mol. The summed E-state index contributed by atoms with van der Waals surface area (Å²) in [4.78, 5) is 23.6. The van der Waals surface area contributed by atoms with Crippen molar-refractivity contribution in [2.75, 3.05) is 38.5 Å². The molecule has 2 aromatic rings. The summed E-state index contributed by atoms with van der Waals surface area (Å²) in [6.45, 7) is 0.413. The second kappa shape index (κ2) is 9.68. The maximum absolute atomic E-state index is 12.2. The molecule has 27 heavy (non-hydrogen) atoms. The second-order valence-corrected chi connectivity index (χ2v) is 5.89. The van der Waals surface area contributed by atoms with Crippen molar-refractivity contribution in [3.8, 4) is 11.5 Å². The van der Waals surface area contributed by atoms with Crippen LogP contribution in [0.4, 0.5) is 11.4 Å². The van der Waals surface area contributed by atoms with Gasteiger partial charge in [-0.15, -0.1) is 0 Å². The third kappa shape index (κ3) is 5.52. The molecule has 0 aliphatic heterocycles. The van der Waals surface area contributed by atoms with Gasteiger partial charge in [-0.2, -0.15) is 0 Å². The van der Waals surface area contributed by atoms with Gasteiger partial charge in [0.25, 0.3) is 0 Å². The van der Waals surface area contributed by atoms with Crippen molar-refractivity contribution in [3.05, 3.63) is 47.0 Å². The summed E-state index contributed by atoms with van der Waals surface area (Å²) in [5.74, 6) is 0.293. The highest BCUT2D eigenvalue weighted by molar-refractivity contribution is 6.32. The zero-order valence-electron chi connectivity index (χ0n) is 15.3. The summed E-state index contributed by atoms with van der Waals surface area (Å²) in [5.41, 5.74) is 1.73. The molecule has 0 atom stereocenters. The maximum Gasteiger partial charge on any atom is 0.337 e. The van der Waals surface area contributed by atoms with E-state index in [1.807, 2.05) is 0 Å². The van der Waals surface area contributed by atoms with Crippen LogP contribution in [0.2, 0.25) is 5.02 Å². The minimum Gasteiger partial charge on any atom is -0.495 e. The SMILES string of the molecule is COC(=O)c1ccc(NCCC(=O)Nc2cc(OC)c(Cl)cc2OC)cc1. The van der Waals surface area contributed by atoms with E-state index in [1.165, 1.54) is 21.3 Å². The topological polar surface area (TPSA) is 85.9 Å². The van der Waals surface area contributed by atoms with Crippen LogP contribution >= 0.6 is 11.6 Å². The van der Waals surface area contributed by atoms with Crippen molar-refractivity contribution in [1.82, 2.24) is 0 Å². The predicted molar refractivity (Wildman–Crippen MR) is 104 cm³/mol. The van der Waals surface area contributed by atoms with Crippen molar-refractivity contribution in [1.29, 1.82) is 0 Å². The van der Waals surface area contributed by atoms with E-state index in [4.69, 9.17) is 21.1 Å². The molecule has 0 saturated heterocycles. The van der Waals surface area contributed by atoms with E-state index in [0.29, 0.717) is 34.3 Å². The standard InChI is InChI=1S/C19H21ClN2O5/c1-25-16-11-15(17(26-2)10-14(16)20)22-18(23)8-9-21-13-6-4-12(5-7-13)19(24)27-3/h4-7,10-11,21H,8-9H2,1-3H3,(H,22,23). The number of methoxy groups -OCH3 is 3. The predicted octanol–water partition coefficient (Wildman–Crippen LogP) is 3.58. The monoisotopic (exact) mass is 392 g/mol. The van der Waals surface area contributed by atoms with Crippen molar-refractivity contribution in [2.45, 2.75) is 6.42 Å². The first-order valence-electron chi connectivity index (χ1n) is 8.12. The second-order valence-electron chi connectivity index (χ2n) is 5.48. The molecule has 0 aliphatic carbocycles. The maximum atomic E-state index is 12.2.